The largest absolute Gasteiger partial charge is 0.389 e. The first-order valence-corrected chi connectivity index (χ1v) is 9.39. The van der Waals surface area contributed by atoms with Crippen LogP contribution in [0.2, 0.25) is 0 Å². The van der Waals surface area contributed by atoms with Gasteiger partial charge in [-0.1, -0.05) is 12.1 Å². The maximum atomic E-state index is 12.6. The Morgan fingerprint density at radius 2 is 2.10 bits per heavy atom. The van der Waals surface area contributed by atoms with Crippen molar-refractivity contribution in [3.05, 3.63) is 50.6 Å². The number of aliphatic hydroxyl groups is 1. The SMILES string of the molecule is CC(O)c1cccc(S(=O)(=O)N(C)Cc2cc(Br)cs2)c1. The van der Waals surface area contributed by atoms with Crippen molar-refractivity contribution in [3.8, 4) is 0 Å². The van der Waals surface area contributed by atoms with E-state index in [1.54, 1.807) is 32.2 Å². The zero-order valence-electron chi connectivity index (χ0n) is 11.7. The highest BCUT2D eigenvalue weighted by Gasteiger charge is 2.22. The van der Waals surface area contributed by atoms with Gasteiger partial charge in [0.05, 0.1) is 11.0 Å². The molecule has 21 heavy (non-hydrogen) atoms. The Balaban J connectivity index is 2.26. The highest BCUT2D eigenvalue weighted by molar-refractivity contribution is 9.10. The van der Waals surface area contributed by atoms with Gasteiger partial charge in [-0.25, -0.2) is 8.42 Å². The van der Waals surface area contributed by atoms with Gasteiger partial charge in [0.15, 0.2) is 0 Å². The van der Waals surface area contributed by atoms with Crippen LogP contribution in [0.25, 0.3) is 0 Å². The average molecular weight is 390 g/mol. The Morgan fingerprint density at radius 1 is 1.38 bits per heavy atom. The molecule has 1 N–H and O–H groups in total. The van der Waals surface area contributed by atoms with Crippen LogP contribution in [0.3, 0.4) is 0 Å². The maximum Gasteiger partial charge on any atom is 0.243 e. The van der Waals surface area contributed by atoms with Crippen molar-refractivity contribution in [1.82, 2.24) is 4.31 Å². The number of halogens is 1. The first-order chi connectivity index (χ1) is 9.80. The van der Waals surface area contributed by atoms with E-state index < -0.39 is 16.1 Å². The van der Waals surface area contributed by atoms with Crippen LogP contribution >= 0.6 is 27.3 Å². The quantitative estimate of drug-likeness (QED) is 0.852. The molecule has 0 fully saturated rings. The molecule has 0 saturated heterocycles. The lowest BCUT2D eigenvalue weighted by molar-refractivity contribution is 0.199. The van der Waals surface area contributed by atoms with Gasteiger partial charge in [0.25, 0.3) is 0 Å². The summed E-state index contributed by atoms with van der Waals surface area (Å²) in [6.07, 6.45) is -0.696. The molecule has 0 radical (unpaired) electrons. The zero-order valence-corrected chi connectivity index (χ0v) is 14.9. The van der Waals surface area contributed by atoms with E-state index >= 15 is 0 Å². The molecule has 0 aliphatic carbocycles. The Morgan fingerprint density at radius 3 is 2.67 bits per heavy atom. The van der Waals surface area contributed by atoms with Crippen molar-refractivity contribution in [1.29, 1.82) is 0 Å². The molecule has 0 bridgehead atoms. The maximum absolute atomic E-state index is 12.6. The van der Waals surface area contributed by atoms with Crippen LogP contribution in [0.1, 0.15) is 23.5 Å². The molecule has 1 heterocycles. The molecule has 114 valence electrons. The molecule has 1 unspecified atom stereocenters. The van der Waals surface area contributed by atoms with Crippen LogP contribution in [0.4, 0.5) is 0 Å². The molecule has 7 heteroatoms. The van der Waals surface area contributed by atoms with Gasteiger partial charge in [-0.05, 0) is 46.6 Å². The minimum atomic E-state index is -3.57. The number of hydrogen-bond acceptors (Lipinski definition) is 4. The van der Waals surface area contributed by atoms with E-state index in [2.05, 4.69) is 15.9 Å². The second kappa shape index (κ2) is 6.58. The third-order valence-corrected chi connectivity index (χ3v) is 6.53. The topological polar surface area (TPSA) is 57.6 Å². The summed E-state index contributed by atoms with van der Waals surface area (Å²) in [5, 5.41) is 11.5. The molecule has 0 aliphatic heterocycles. The molecule has 4 nitrogen and oxygen atoms in total. The number of sulfonamides is 1. The number of rotatable bonds is 5. The minimum absolute atomic E-state index is 0.194. The lowest BCUT2D eigenvalue weighted by Gasteiger charge is -2.17. The van der Waals surface area contributed by atoms with Crippen LogP contribution in [0, 0.1) is 0 Å². The molecular weight excluding hydrogens is 374 g/mol. The van der Waals surface area contributed by atoms with Crippen LogP contribution in [-0.4, -0.2) is 24.9 Å². The van der Waals surface area contributed by atoms with E-state index in [1.165, 1.54) is 21.7 Å². The molecule has 0 amide bonds. The molecule has 2 aromatic rings. The number of aliphatic hydroxyl groups excluding tert-OH is 1. The van der Waals surface area contributed by atoms with Gasteiger partial charge in [-0.15, -0.1) is 11.3 Å². The van der Waals surface area contributed by atoms with Crippen LogP contribution in [0.15, 0.2) is 45.1 Å². The highest BCUT2D eigenvalue weighted by Crippen LogP contribution is 2.24. The summed E-state index contributed by atoms with van der Waals surface area (Å²) in [5.41, 5.74) is 0.586. The second-order valence-electron chi connectivity index (χ2n) is 4.74. The second-order valence-corrected chi connectivity index (χ2v) is 8.70. The van der Waals surface area contributed by atoms with Crippen molar-refractivity contribution >= 4 is 37.3 Å². The molecule has 0 aliphatic rings. The summed E-state index contributed by atoms with van der Waals surface area (Å²) in [7, 11) is -2.02. The van der Waals surface area contributed by atoms with Gasteiger partial charge >= 0.3 is 0 Å². The van der Waals surface area contributed by atoms with Crippen LogP contribution in [-0.2, 0) is 16.6 Å². The third kappa shape index (κ3) is 3.92. The third-order valence-electron chi connectivity index (χ3n) is 3.05. The van der Waals surface area contributed by atoms with Gasteiger partial charge in [0.1, 0.15) is 0 Å². The van der Waals surface area contributed by atoms with E-state index in [0.717, 1.165) is 9.35 Å². The minimum Gasteiger partial charge on any atom is -0.389 e. The van der Waals surface area contributed by atoms with Crippen LogP contribution < -0.4 is 0 Å². The fourth-order valence-corrected chi connectivity index (χ4v) is 4.65. The fraction of sp³-hybridized carbons (Fsp3) is 0.286. The zero-order chi connectivity index (χ0) is 15.6. The Bertz CT molecular complexity index is 725. The molecular formula is C14H16BrNO3S2. The van der Waals surface area contributed by atoms with Gasteiger partial charge in [0.2, 0.25) is 10.0 Å². The summed E-state index contributed by atoms with van der Waals surface area (Å²) >= 11 is 4.86. The van der Waals surface area contributed by atoms with E-state index in [1.807, 2.05) is 11.4 Å². The van der Waals surface area contributed by atoms with E-state index in [9.17, 15) is 13.5 Å². The average Bonchev–Trinajstić information content (AvgIpc) is 2.84. The van der Waals surface area contributed by atoms with Crippen molar-refractivity contribution in [3.63, 3.8) is 0 Å². The standard InChI is InChI=1S/C14H16BrNO3S2/c1-10(17)11-4-3-5-14(6-11)21(18,19)16(2)8-13-7-12(15)9-20-13/h3-7,9-10,17H,8H2,1-2H3. The predicted octanol–water partition coefficient (Wildman–Crippen LogP) is 3.38. The molecule has 0 saturated carbocycles. The van der Waals surface area contributed by atoms with Crippen molar-refractivity contribution in [2.24, 2.45) is 0 Å². The van der Waals surface area contributed by atoms with E-state index in [-0.39, 0.29) is 4.90 Å². The molecule has 0 spiro atoms. The number of hydrogen-bond donors (Lipinski definition) is 1. The Hall–Kier alpha value is -0.730. The first kappa shape index (κ1) is 16.6. The molecule has 1 atom stereocenters. The first-order valence-electron chi connectivity index (χ1n) is 6.28. The number of benzene rings is 1. The van der Waals surface area contributed by atoms with Gasteiger partial charge in [0, 0.05) is 28.3 Å². The normalized spacial score (nSPS) is 13.6. The lowest BCUT2D eigenvalue weighted by Crippen LogP contribution is -2.26. The molecule has 1 aromatic carbocycles. The van der Waals surface area contributed by atoms with E-state index in [0.29, 0.717) is 12.1 Å². The summed E-state index contributed by atoms with van der Waals surface area (Å²) in [6, 6.07) is 8.32. The highest BCUT2D eigenvalue weighted by atomic mass is 79.9. The molecule has 1 aromatic heterocycles. The predicted molar refractivity (Wildman–Crippen MR) is 87.7 cm³/mol. The monoisotopic (exact) mass is 389 g/mol. The fourth-order valence-electron chi connectivity index (χ4n) is 1.86. The van der Waals surface area contributed by atoms with Gasteiger partial charge in [-0.2, -0.15) is 4.31 Å². The van der Waals surface area contributed by atoms with E-state index in [4.69, 9.17) is 0 Å². The van der Waals surface area contributed by atoms with Crippen molar-refractivity contribution in [2.75, 3.05) is 7.05 Å². The van der Waals surface area contributed by atoms with Gasteiger partial charge in [-0.3, -0.25) is 0 Å². The van der Waals surface area contributed by atoms with Gasteiger partial charge < -0.3 is 5.11 Å². The molecule has 2 rings (SSSR count). The van der Waals surface area contributed by atoms with Crippen molar-refractivity contribution in [2.45, 2.75) is 24.5 Å². The summed E-state index contributed by atoms with van der Waals surface area (Å²) in [6.45, 7) is 1.93. The summed E-state index contributed by atoms with van der Waals surface area (Å²) in [5.74, 6) is 0. The Kier molecular flexibility index (Phi) is 5.21. The van der Waals surface area contributed by atoms with Crippen LogP contribution in [0.5, 0.6) is 0 Å². The number of thiophene rings is 1. The Labute approximate surface area is 137 Å². The number of nitrogens with zero attached hydrogens (tertiary/aromatic N) is 1. The lowest BCUT2D eigenvalue weighted by atomic mass is 10.1. The summed E-state index contributed by atoms with van der Waals surface area (Å²) < 4.78 is 27.4. The summed E-state index contributed by atoms with van der Waals surface area (Å²) in [4.78, 5) is 1.15. The smallest absolute Gasteiger partial charge is 0.243 e. The van der Waals surface area contributed by atoms with Crippen molar-refractivity contribution < 1.29 is 13.5 Å².